The van der Waals surface area contributed by atoms with Crippen LogP contribution in [-0.4, -0.2) is 19.0 Å². The van der Waals surface area contributed by atoms with E-state index in [2.05, 4.69) is 11.9 Å². The van der Waals surface area contributed by atoms with Crippen LogP contribution >= 0.6 is 0 Å². The van der Waals surface area contributed by atoms with Crippen LogP contribution in [0.1, 0.15) is 5.56 Å². The van der Waals surface area contributed by atoms with Gasteiger partial charge in [0, 0.05) is 17.8 Å². The van der Waals surface area contributed by atoms with Crippen molar-refractivity contribution in [1.82, 2.24) is 0 Å². The fraction of sp³-hybridized carbons (Fsp3) is 0.0526. The molecule has 0 aliphatic carbocycles. The minimum Gasteiger partial charge on any atom is -0.497 e. The van der Waals surface area contributed by atoms with Crippen molar-refractivity contribution in [2.24, 2.45) is 0 Å². The number of carbonyl (C=O) groups excluding carboxylic acids is 2. The van der Waals surface area contributed by atoms with E-state index in [-0.39, 0.29) is 5.91 Å². The van der Waals surface area contributed by atoms with Gasteiger partial charge in [-0.25, -0.2) is 4.79 Å². The number of carbonyl (C=O) groups is 2. The van der Waals surface area contributed by atoms with E-state index in [0.29, 0.717) is 11.4 Å². The number of hydrogen-bond acceptors (Lipinski definition) is 4. The Morgan fingerprint density at radius 1 is 1.00 bits per heavy atom. The number of amides is 1. The minimum atomic E-state index is -0.517. The Hall–Kier alpha value is -3.34. The van der Waals surface area contributed by atoms with Gasteiger partial charge < -0.3 is 14.8 Å². The second-order valence-corrected chi connectivity index (χ2v) is 4.75. The van der Waals surface area contributed by atoms with E-state index >= 15 is 0 Å². The van der Waals surface area contributed by atoms with E-state index in [0.717, 1.165) is 17.4 Å². The van der Waals surface area contributed by atoms with E-state index in [1.54, 1.807) is 61.7 Å². The summed E-state index contributed by atoms with van der Waals surface area (Å²) in [5, 5.41) is 2.75. The molecule has 0 fully saturated rings. The van der Waals surface area contributed by atoms with Crippen molar-refractivity contribution < 1.29 is 19.1 Å². The number of rotatable bonds is 6. The number of methoxy groups -OCH3 is 1. The zero-order valence-corrected chi connectivity index (χ0v) is 13.2. The molecule has 0 saturated heterocycles. The van der Waals surface area contributed by atoms with Gasteiger partial charge in [-0.15, -0.1) is 0 Å². The Morgan fingerprint density at radius 2 is 1.62 bits per heavy atom. The number of esters is 1. The van der Waals surface area contributed by atoms with Gasteiger partial charge in [0.05, 0.1) is 7.11 Å². The lowest BCUT2D eigenvalue weighted by molar-refractivity contribution is -0.129. The maximum Gasteiger partial charge on any atom is 0.335 e. The Balaban J connectivity index is 1.92. The highest BCUT2D eigenvalue weighted by Gasteiger charge is 2.00. The number of hydrogen-bond donors (Lipinski definition) is 1. The second kappa shape index (κ2) is 8.33. The average molecular weight is 323 g/mol. The largest absolute Gasteiger partial charge is 0.497 e. The summed E-state index contributed by atoms with van der Waals surface area (Å²) >= 11 is 0. The highest BCUT2D eigenvalue weighted by Crippen LogP contribution is 2.16. The van der Waals surface area contributed by atoms with Crippen molar-refractivity contribution in [3.05, 3.63) is 72.8 Å². The third kappa shape index (κ3) is 5.14. The van der Waals surface area contributed by atoms with Gasteiger partial charge in [-0.3, -0.25) is 4.79 Å². The van der Waals surface area contributed by atoms with Gasteiger partial charge in [-0.1, -0.05) is 18.7 Å². The van der Waals surface area contributed by atoms with Gasteiger partial charge in [0.2, 0.25) is 5.91 Å². The van der Waals surface area contributed by atoms with Crippen LogP contribution in [0.3, 0.4) is 0 Å². The van der Waals surface area contributed by atoms with Crippen molar-refractivity contribution in [2.75, 3.05) is 12.4 Å². The van der Waals surface area contributed by atoms with Crippen LogP contribution in [-0.2, 0) is 9.59 Å². The van der Waals surface area contributed by atoms with Gasteiger partial charge in [0.15, 0.2) is 0 Å². The highest BCUT2D eigenvalue weighted by atomic mass is 16.5. The molecule has 2 aromatic rings. The van der Waals surface area contributed by atoms with E-state index < -0.39 is 5.97 Å². The predicted octanol–water partition coefficient (Wildman–Crippen LogP) is 3.44. The molecule has 0 aliphatic heterocycles. The smallest absolute Gasteiger partial charge is 0.335 e. The van der Waals surface area contributed by atoms with Crippen LogP contribution in [0.4, 0.5) is 5.69 Å². The molecule has 0 atom stereocenters. The first-order chi connectivity index (χ1) is 11.6. The first-order valence-electron chi connectivity index (χ1n) is 7.18. The molecule has 5 heteroatoms. The Morgan fingerprint density at radius 3 is 2.21 bits per heavy atom. The lowest BCUT2D eigenvalue weighted by Gasteiger charge is -2.04. The lowest BCUT2D eigenvalue weighted by Crippen LogP contribution is -2.07. The molecule has 5 nitrogen and oxygen atoms in total. The molecule has 0 unspecified atom stereocenters. The Bertz CT molecular complexity index is 746. The maximum absolute atomic E-state index is 11.9. The van der Waals surface area contributed by atoms with Crippen LogP contribution in [0.5, 0.6) is 11.5 Å². The van der Waals surface area contributed by atoms with Crippen LogP contribution in [0.25, 0.3) is 6.08 Å². The molecule has 0 heterocycles. The SMILES string of the molecule is C=CC(=O)Oc1ccc(C=CC(=O)Nc2ccc(OC)cc2)cc1. The Labute approximate surface area is 140 Å². The summed E-state index contributed by atoms with van der Waals surface area (Å²) in [6, 6.07) is 13.8. The fourth-order valence-corrected chi connectivity index (χ4v) is 1.83. The van der Waals surface area contributed by atoms with Crippen molar-refractivity contribution >= 4 is 23.6 Å². The third-order valence-corrected chi connectivity index (χ3v) is 3.05. The first-order valence-corrected chi connectivity index (χ1v) is 7.18. The summed E-state index contributed by atoms with van der Waals surface area (Å²) in [6.07, 6.45) is 4.18. The summed E-state index contributed by atoms with van der Waals surface area (Å²) in [7, 11) is 1.58. The molecular formula is C19H17NO4. The number of benzene rings is 2. The van der Waals surface area contributed by atoms with E-state index in [1.165, 1.54) is 6.08 Å². The zero-order valence-electron chi connectivity index (χ0n) is 13.2. The molecule has 0 aliphatic rings. The van der Waals surface area contributed by atoms with Crippen molar-refractivity contribution in [1.29, 1.82) is 0 Å². The fourth-order valence-electron chi connectivity index (χ4n) is 1.83. The standard InChI is InChI=1S/C19H17NO4/c1-3-19(22)24-17-9-4-14(5-10-17)6-13-18(21)20-15-7-11-16(23-2)12-8-15/h3-13H,1H2,2H3,(H,20,21). The summed E-state index contributed by atoms with van der Waals surface area (Å²) < 4.78 is 10.0. The van der Waals surface area contributed by atoms with E-state index in [4.69, 9.17) is 9.47 Å². The molecule has 0 saturated carbocycles. The molecule has 0 spiro atoms. The minimum absolute atomic E-state index is 0.248. The van der Waals surface area contributed by atoms with Gasteiger partial charge in [0.1, 0.15) is 11.5 Å². The predicted molar refractivity (Wildman–Crippen MR) is 92.9 cm³/mol. The third-order valence-electron chi connectivity index (χ3n) is 3.05. The van der Waals surface area contributed by atoms with Crippen LogP contribution in [0.2, 0.25) is 0 Å². The first kappa shape index (κ1) is 17.0. The normalized spacial score (nSPS) is 10.2. The van der Waals surface area contributed by atoms with Crippen LogP contribution in [0.15, 0.2) is 67.3 Å². The lowest BCUT2D eigenvalue weighted by atomic mass is 10.2. The molecule has 0 aromatic heterocycles. The number of anilines is 1. The summed E-state index contributed by atoms with van der Waals surface area (Å²) in [5.41, 5.74) is 1.48. The summed E-state index contributed by atoms with van der Waals surface area (Å²) in [5.74, 6) is 0.375. The van der Waals surface area contributed by atoms with E-state index in [1.807, 2.05) is 0 Å². The van der Waals surface area contributed by atoms with Crippen molar-refractivity contribution in [2.45, 2.75) is 0 Å². The molecule has 0 radical (unpaired) electrons. The molecule has 1 N–H and O–H groups in total. The average Bonchev–Trinajstić information content (AvgIpc) is 2.61. The summed E-state index contributed by atoms with van der Waals surface area (Å²) in [4.78, 5) is 23.0. The molecule has 0 bridgehead atoms. The summed E-state index contributed by atoms with van der Waals surface area (Å²) in [6.45, 7) is 3.33. The van der Waals surface area contributed by atoms with E-state index in [9.17, 15) is 9.59 Å². The molecule has 24 heavy (non-hydrogen) atoms. The number of nitrogens with one attached hydrogen (secondary N) is 1. The Kier molecular flexibility index (Phi) is 5.91. The van der Waals surface area contributed by atoms with Gasteiger partial charge >= 0.3 is 5.97 Å². The zero-order chi connectivity index (χ0) is 17.4. The molecule has 122 valence electrons. The molecule has 1 amide bonds. The molecular weight excluding hydrogens is 306 g/mol. The molecule has 2 aromatic carbocycles. The topological polar surface area (TPSA) is 64.6 Å². The van der Waals surface area contributed by atoms with Crippen molar-refractivity contribution in [3.63, 3.8) is 0 Å². The van der Waals surface area contributed by atoms with Gasteiger partial charge in [-0.05, 0) is 48.0 Å². The second-order valence-electron chi connectivity index (χ2n) is 4.75. The molecule has 2 rings (SSSR count). The van der Waals surface area contributed by atoms with Crippen LogP contribution < -0.4 is 14.8 Å². The van der Waals surface area contributed by atoms with Crippen LogP contribution in [0, 0.1) is 0 Å². The van der Waals surface area contributed by atoms with Gasteiger partial charge in [0.25, 0.3) is 0 Å². The monoisotopic (exact) mass is 323 g/mol. The van der Waals surface area contributed by atoms with Crippen molar-refractivity contribution in [3.8, 4) is 11.5 Å². The quantitative estimate of drug-likeness (QED) is 0.502. The maximum atomic E-state index is 11.9. The number of ether oxygens (including phenoxy) is 2. The van der Waals surface area contributed by atoms with Gasteiger partial charge in [-0.2, -0.15) is 0 Å². The highest BCUT2D eigenvalue weighted by molar-refractivity contribution is 6.01.